The van der Waals surface area contributed by atoms with Crippen molar-refractivity contribution in [3.05, 3.63) is 50.3 Å². The van der Waals surface area contributed by atoms with Crippen LogP contribution in [-0.2, 0) is 0 Å². The van der Waals surface area contributed by atoms with E-state index in [1.54, 1.807) is 24.3 Å². The Hall–Kier alpha value is -1.75. The minimum absolute atomic E-state index is 0.347. The summed E-state index contributed by atoms with van der Waals surface area (Å²) < 4.78 is 0.933. The number of benzene rings is 1. The van der Waals surface area contributed by atoms with Crippen molar-refractivity contribution in [2.24, 2.45) is 0 Å². The summed E-state index contributed by atoms with van der Waals surface area (Å²) in [7, 11) is 0. The van der Waals surface area contributed by atoms with Crippen molar-refractivity contribution < 1.29 is 0 Å². The predicted octanol–water partition coefficient (Wildman–Crippen LogP) is 0.507. The van der Waals surface area contributed by atoms with Crippen LogP contribution in [0, 0.1) is 0 Å². The first kappa shape index (κ1) is 8.83. The van der Waals surface area contributed by atoms with E-state index in [4.69, 9.17) is 11.6 Å². The molecule has 0 amide bonds. The highest BCUT2D eigenvalue weighted by atomic mass is 35.5. The summed E-state index contributed by atoms with van der Waals surface area (Å²) in [6.07, 6.45) is 0. The van der Waals surface area contributed by atoms with Crippen molar-refractivity contribution >= 4 is 11.6 Å². The number of aromatic nitrogens is 3. The van der Waals surface area contributed by atoms with Crippen LogP contribution in [0.1, 0.15) is 0 Å². The smallest absolute Gasteiger partial charge is 0.247 e. The molecule has 0 unspecified atom stereocenters. The summed E-state index contributed by atoms with van der Waals surface area (Å²) >= 11 is 5.83. The van der Waals surface area contributed by atoms with Crippen LogP contribution in [0.3, 0.4) is 0 Å². The minimum atomic E-state index is -0.539. The van der Waals surface area contributed by atoms with Crippen LogP contribution < -0.4 is 11.4 Å². The fraction of sp³-hybridized carbons (Fsp3) is 0. The zero-order valence-electron chi connectivity index (χ0n) is 6.95. The molecule has 1 heterocycles. The molecule has 1 aromatic heterocycles. The number of nitrogens with zero attached hydrogens (tertiary/aromatic N) is 1. The molecule has 1 aromatic carbocycles. The van der Waals surface area contributed by atoms with Gasteiger partial charge in [-0.1, -0.05) is 23.7 Å². The first-order valence-electron chi connectivity index (χ1n) is 3.85. The summed E-state index contributed by atoms with van der Waals surface area (Å²) in [5.41, 5.74) is -0.715. The number of para-hydroxylation sites is 1. The SMILES string of the molecule is O=c1[nH][nH]c(=O)n1-c1ccccc1Cl. The predicted molar refractivity (Wildman–Crippen MR) is 52.0 cm³/mol. The molecule has 14 heavy (non-hydrogen) atoms. The van der Waals surface area contributed by atoms with Crippen molar-refractivity contribution in [3.8, 4) is 5.69 Å². The van der Waals surface area contributed by atoms with Gasteiger partial charge in [0.1, 0.15) is 0 Å². The maximum Gasteiger partial charge on any atom is 0.349 e. The molecule has 2 aromatic rings. The summed E-state index contributed by atoms with van der Waals surface area (Å²) in [5, 5.41) is 4.69. The molecule has 0 fully saturated rings. The Morgan fingerprint density at radius 1 is 1.07 bits per heavy atom. The van der Waals surface area contributed by atoms with Crippen LogP contribution in [0.5, 0.6) is 0 Å². The maximum absolute atomic E-state index is 11.2. The second kappa shape index (κ2) is 3.19. The Balaban J connectivity index is 2.79. The van der Waals surface area contributed by atoms with Gasteiger partial charge in [0.2, 0.25) is 0 Å². The van der Waals surface area contributed by atoms with Crippen LogP contribution in [0.2, 0.25) is 5.02 Å². The zero-order valence-corrected chi connectivity index (χ0v) is 7.71. The average molecular weight is 212 g/mol. The molecule has 6 heteroatoms. The topological polar surface area (TPSA) is 70.7 Å². The molecule has 2 N–H and O–H groups in total. The number of halogens is 1. The summed E-state index contributed by atoms with van der Waals surface area (Å²) in [6.45, 7) is 0. The lowest BCUT2D eigenvalue weighted by Crippen LogP contribution is -2.24. The molecule has 0 radical (unpaired) electrons. The Bertz CT molecular complexity index is 539. The van der Waals surface area contributed by atoms with E-state index in [1.165, 1.54) is 0 Å². The van der Waals surface area contributed by atoms with Gasteiger partial charge >= 0.3 is 11.4 Å². The third kappa shape index (κ3) is 1.27. The van der Waals surface area contributed by atoms with Gasteiger partial charge in [-0.2, -0.15) is 0 Å². The molecule has 0 saturated carbocycles. The molecule has 5 nitrogen and oxygen atoms in total. The third-order valence-corrected chi connectivity index (χ3v) is 2.10. The van der Waals surface area contributed by atoms with Gasteiger partial charge in [-0.25, -0.2) is 24.4 Å². The lowest BCUT2D eigenvalue weighted by molar-refractivity contribution is 0.952. The van der Waals surface area contributed by atoms with E-state index < -0.39 is 11.4 Å². The van der Waals surface area contributed by atoms with Crippen molar-refractivity contribution in [3.63, 3.8) is 0 Å². The number of rotatable bonds is 1. The van der Waals surface area contributed by atoms with Gasteiger partial charge in [0.25, 0.3) is 0 Å². The van der Waals surface area contributed by atoms with E-state index in [2.05, 4.69) is 10.2 Å². The molecule has 2 rings (SSSR count). The highest BCUT2D eigenvalue weighted by Gasteiger charge is 2.08. The van der Waals surface area contributed by atoms with E-state index in [0.29, 0.717) is 10.7 Å². The van der Waals surface area contributed by atoms with Crippen LogP contribution in [-0.4, -0.2) is 14.8 Å². The normalized spacial score (nSPS) is 10.4. The van der Waals surface area contributed by atoms with Gasteiger partial charge in [-0.15, -0.1) is 0 Å². The molecule has 0 spiro atoms. The van der Waals surface area contributed by atoms with Gasteiger partial charge < -0.3 is 0 Å². The van der Waals surface area contributed by atoms with E-state index in [0.717, 1.165) is 4.57 Å². The van der Waals surface area contributed by atoms with Gasteiger partial charge in [-0.05, 0) is 12.1 Å². The second-order valence-electron chi connectivity index (χ2n) is 2.65. The summed E-state index contributed by atoms with van der Waals surface area (Å²) in [5.74, 6) is 0. The standard InChI is InChI=1S/C8H6ClN3O2/c9-5-3-1-2-4-6(5)12-7(13)10-11-8(12)14/h1-4H,(H,10,13)(H,11,14). The van der Waals surface area contributed by atoms with E-state index in [-0.39, 0.29) is 0 Å². The van der Waals surface area contributed by atoms with Crippen LogP contribution in [0.4, 0.5) is 0 Å². The quantitative estimate of drug-likeness (QED) is 0.722. The fourth-order valence-electron chi connectivity index (χ4n) is 1.16. The minimum Gasteiger partial charge on any atom is -0.247 e. The van der Waals surface area contributed by atoms with Crippen molar-refractivity contribution in [2.75, 3.05) is 0 Å². The van der Waals surface area contributed by atoms with E-state index in [9.17, 15) is 9.59 Å². The lowest BCUT2D eigenvalue weighted by Gasteiger charge is -2.00. The number of nitrogens with one attached hydrogen (secondary N) is 2. The fourth-order valence-corrected chi connectivity index (χ4v) is 1.38. The lowest BCUT2D eigenvalue weighted by atomic mass is 10.3. The number of hydrogen-bond acceptors (Lipinski definition) is 2. The number of hydrogen-bond donors (Lipinski definition) is 2. The largest absolute Gasteiger partial charge is 0.349 e. The van der Waals surface area contributed by atoms with Crippen LogP contribution >= 0.6 is 11.6 Å². The monoisotopic (exact) mass is 211 g/mol. The highest BCUT2D eigenvalue weighted by Crippen LogP contribution is 2.16. The van der Waals surface area contributed by atoms with Crippen molar-refractivity contribution in [1.29, 1.82) is 0 Å². The molecular weight excluding hydrogens is 206 g/mol. The van der Waals surface area contributed by atoms with Gasteiger partial charge in [0.05, 0.1) is 10.7 Å². The molecule has 0 aliphatic rings. The Labute approximate surface area is 82.9 Å². The molecule has 0 aliphatic heterocycles. The molecule has 0 saturated heterocycles. The van der Waals surface area contributed by atoms with E-state index >= 15 is 0 Å². The van der Waals surface area contributed by atoms with Crippen LogP contribution in [0.25, 0.3) is 5.69 Å². The molecule has 0 atom stereocenters. The van der Waals surface area contributed by atoms with Crippen molar-refractivity contribution in [2.45, 2.75) is 0 Å². The van der Waals surface area contributed by atoms with Gasteiger partial charge in [0.15, 0.2) is 0 Å². The average Bonchev–Trinajstić information content (AvgIpc) is 2.48. The Morgan fingerprint density at radius 2 is 1.64 bits per heavy atom. The maximum atomic E-state index is 11.2. The Kier molecular flexibility index (Phi) is 2.01. The second-order valence-corrected chi connectivity index (χ2v) is 3.05. The first-order valence-corrected chi connectivity index (χ1v) is 4.22. The molecule has 0 bridgehead atoms. The first-order chi connectivity index (χ1) is 6.70. The van der Waals surface area contributed by atoms with Gasteiger partial charge in [0, 0.05) is 0 Å². The molecule has 0 aliphatic carbocycles. The third-order valence-electron chi connectivity index (χ3n) is 1.78. The highest BCUT2D eigenvalue weighted by molar-refractivity contribution is 6.32. The van der Waals surface area contributed by atoms with E-state index in [1.807, 2.05) is 0 Å². The molecule has 72 valence electrons. The van der Waals surface area contributed by atoms with Crippen molar-refractivity contribution in [1.82, 2.24) is 14.8 Å². The summed E-state index contributed by atoms with van der Waals surface area (Å²) in [4.78, 5) is 22.4. The number of H-pyrrole nitrogens is 2. The Morgan fingerprint density at radius 3 is 2.21 bits per heavy atom. The number of aromatic amines is 2. The summed E-state index contributed by atoms with van der Waals surface area (Å²) in [6, 6.07) is 6.61. The molecular formula is C8H6ClN3O2. The van der Waals surface area contributed by atoms with Crippen LogP contribution in [0.15, 0.2) is 33.9 Å². The zero-order chi connectivity index (χ0) is 10.1. The van der Waals surface area contributed by atoms with Gasteiger partial charge in [-0.3, -0.25) is 0 Å².